The van der Waals surface area contributed by atoms with Crippen LogP contribution in [0.3, 0.4) is 0 Å². The molecule has 5 amide bonds. The number of nitrogens with zero attached hydrogens (tertiary/aromatic N) is 2. The average molecular weight is 1140 g/mol. The van der Waals surface area contributed by atoms with Crippen LogP contribution in [0.4, 0.5) is 17.1 Å². The fourth-order valence-corrected chi connectivity index (χ4v) is 6.51. The van der Waals surface area contributed by atoms with Gasteiger partial charge in [0.25, 0.3) is 11.4 Å². The van der Waals surface area contributed by atoms with E-state index in [1.165, 1.54) is 6.07 Å². The van der Waals surface area contributed by atoms with Crippen molar-refractivity contribution in [3.8, 4) is 0 Å². The minimum Gasteiger partial charge on any atom is -0.394 e. The molecular weight excluding hydrogens is 1060 g/mol. The van der Waals surface area contributed by atoms with Crippen molar-refractivity contribution in [3.63, 3.8) is 0 Å². The van der Waals surface area contributed by atoms with Crippen molar-refractivity contribution in [1.29, 1.82) is 0 Å². The number of hydrogen-bond acceptors (Lipinski definition) is 24. The molecule has 31 heteroatoms. The minimum absolute atomic E-state index is 0.0246. The van der Waals surface area contributed by atoms with E-state index in [1.807, 2.05) is 0 Å². The number of ether oxygens (including phenoxy) is 11. The molecule has 0 radical (unpaired) electrons. The Morgan fingerprint density at radius 1 is 0.456 bits per heavy atom. The molecule has 0 saturated heterocycles. The van der Waals surface area contributed by atoms with Crippen LogP contribution in [0.25, 0.3) is 0 Å². The Morgan fingerprint density at radius 3 is 1.34 bits per heavy atom. The number of nitro benzene ring substituents is 2. The van der Waals surface area contributed by atoms with Gasteiger partial charge < -0.3 is 99.3 Å². The third-order valence-corrected chi connectivity index (χ3v) is 10.3. The van der Waals surface area contributed by atoms with E-state index < -0.39 is 51.7 Å². The van der Waals surface area contributed by atoms with Crippen molar-refractivity contribution in [2.24, 2.45) is 0 Å². The number of carbonyl (C=O) groups is 5. The Balaban J connectivity index is 2.81. The lowest BCUT2D eigenvalue weighted by molar-refractivity contribution is -0.393. The van der Waals surface area contributed by atoms with Crippen LogP contribution in [-0.2, 0) is 76.1 Å². The van der Waals surface area contributed by atoms with Crippen molar-refractivity contribution in [2.45, 2.75) is 44.1 Å². The zero-order valence-electron chi connectivity index (χ0n) is 45.1. The maximum absolute atomic E-state index is 13.6. The van der Waals surface area contributed by atoms with E-state index in [9.17, 15) is 44.2 Å². The highest BCUT2D eigenvalue weighted by Crippen LogP contribution is 2.28. The molecule has 0 aromatic heterocycles. The van der Waals surface area contributed by atoms with Gasteiger partial charge in [-0.15, -0.1) is 0 Å². The quantitative estimate of drug-likeness (QED) is 0.0189. The van der Waals surface area contributed by atoms with Gasteiger partial charge in [-0.3, -0.25) is 44.2 Å². The first-order chi connectivity index (χ1) is 38.4. The first-order valence-corrected chi connectivity index (χ1v) is 26.1. The van der Waals surface area contributed by atoms with Gasteiger partial charge in [0.2, 0.25) is 29.5 Å². The second-order valence-corrected chi connectivity index (χ2v) is 16.7. The third kappa shape index (κ3) is 41.3. The summed E-state index contributed by atoms with van der Waals surface area (Å²) in [6.07, 6.45) is 1.05. The zero-order valence-corrected chi connectivity index (χ0v) is 45.1. The summed E-state index contributed by atoms with van der Waals surface area (Å²) in [5, 5.41) is 65.1. The molecule has 0 aliphatic rings. The molecule has 0 saturated carbocycles. The molecule has 79 heavy (non-hydrogen) atoms. The molecule has 0 bridgehead atoms. The number of aliphatic hydroxyl groups is 3. The predicted octanol–water partition coefficient (Wildman–Crippen LogP) is -2.27. The number of aliphatic hydroxyl groups excluding tert-OH is 3. The number of non-ortho nitro benzene ring substituents is 1. The molecule has 0 unspecified atom stereocenters. The normalized spacial score (nSPS) is 11.3. The number of benzene rings is 1. The van der Waals surface area contributed by atoms with Gasteiger partial charge >= 0.3 is 0 Å². The summed E-state index contributed by atoms with van der Waals surface area (Å²) in [6, 6.07) is 3.27. The van der Waals surface area contributed by atoms with E-state index in [-0.39, 0.29) is 207 Å². The number of nitrogens with one attached hydrogen (secondary N) is 6. The summed E-state index contributed by atoms with van der Waals surface area (Å²) in [5.41, 5.74) is -2.01. The van der Waals surface area contributed by atoms with Gasteiger partial charge in [-0.05, 0) is 18.9 Å². The maximum Gasteiger partial charge on any atom is 0.299 e. The van der Waals surface area contributed by atoms with Crippen molar-refractivity contribution < 1.29 is 101 Å². The van der Waals surface area contributed by atoms with Crippen LogP contribution in [0.1, 0.15) is 38.5 Å². The zero-order chi connectivity index (χ0) is 57.9. The summed E-state index contributed by atoms with van der Waals surface area (Å²) in [4.78, 5) is 85.0. The summed E-state index contributed by atoms with van der Waals surface area (Å²) in [6.45, 7) is 2.93. The molecule has 31 nitrogen and oxygen atoms in total. The van der Waals surface area contributed by atoms with Gasteiger partial charge in [-0.25, -0.2) is 0 Å². The van der Waals surface area contributed by atoms with Crippen molar-refractivity contribution in [3.05, 3.63) is 38.4 Å². The Morgan fingerprint density at radius 2 is 0.886 bits per heavy atom. The summed E-state index contributed by atoms with van der Waals surface area (Å²) in [5.74, 6) is -2.11. The number of amides is 5. The van der Waals surface area contributed by atoms with E-state index in [0.29, 0.717) is 39.3 Å². The molecule has 9 N–H and O–H groups in total. The smallest absolute Gasteiger partial charge is 0.299 e. The first-order valence-electron chi connectivity index (χ1n) is 26.1. The molecule has 0 spiro atoms. The Hall–Kier alpha value is -5.39. The van der Waals surface area contributed by atoms with Crippen LogP contribution in [-0.4, -0.2) is 258 Å². The van der Waals surface area contributed by atoms with Crippen molar-refractivity contribution >= 4 is 46.6 Å². The van der Waals surface area contributed by atoms with E-state index in [4.69, 9.17) is 67.4 Å². The largest absolute Gasteiger partial charge is 0.394 e. The lowest BCUT2D eigenvalue weighted by Crippen LogP contribution is -2.57. The fraction of sp³-hybridized carbons (Fsp3) is 0.771. The average Bonchev–Trinajstić information content (AvgIpc) is 3.43. The molecule has 1 aromatic rings. The Kier molecular flexibility index (Phi) is 45.0. The highest BCUT2D eigenvalue weighted by molar-refractivity contribution is 5.85. The van der Waals surface area contributed by atoms with Crippen LogP contribution in [0.15, 0.2) is 18.2 Å². The standard InChI is InChI=1S/C48H84N8O23/c57-13-22-73-29-25-70-19-10-50-43(60)3-1-2-8-48(38-78-16-6-44(61)51-11-20-71-26-30-74-23-14-58,39-79-17-7-45(62)52-12-21-72-27-31-75-24-15-59)54-46(63)36-53-47(64)37-77-34-33-76-32-28-69-18-9-49-41-5-4-40(55(65)66)35-42(41)56(67)68/h4-5,35,49,57-59H,1-3,6-34,36-39H2,(H,50,60)(H,51,61)(H,52,62)(H,53,64)(H,54,63). The third-order valence-electron chi connectivity index (χ3n) is 10.3. The summed E-state index contributed by atoms with van der Waals surface area (Å²) >= 11 is 0. The van der Waals surface area contributed by atoms with Gasteiger partial charge in [0.1, 0.15) is 12.3 Å². The van der Waals surface area contributed by atoms with Gasteiger partial charge in [-0.2, -0.15) is 0 Å². The lowest BCUT2D eigenvalue weighted by atomic mass is 9.93. The lowest BCUT2D eigenvalue weighted by Gasteiger charge is -2.35. The van der Waals surface area contributed by atoms with Gasteiger partial charge in [0.05, 0.1) is 187 Å². The molecule has 0 aliphatic heterocycles. The topological polar surface area (TPSA) is 406 Å². The molecule has 1 rings (SSSR count). The van der Waals surface area contributed by atoms with Gasteiger partial charge in [-0.1, -0.05) is 6.42 Å². The van der Waals surface area contributed by atoms with E-state index in [2.05, 4.69) is 31.9 Å². The number of anilines is 1. The van der Waals surface area contributed by atoms with Crippen LogP contribution < -0.4 is 31.9 Å². The van der Waals surface area contributed by atoms with Crippen molar-refractivity contribution in [1.82, 2.24) is 26.6 Å². The maximum atomic E-state index is 13.6. The second-order valence-electron chi connectivity index (χ2n) is 16.7. The minimum atomic E-state index is -1.27. The molecule has 1 aromatic carbocycles. The van der Waals surface area contributed by atoms with Crippen LogP contribution in [0.2, 0.25) is 0 Å². The molecule has 0 heterocycles. The Labute approximate surface area is 459 Å². The molecule has 454 valence electrons. The number of nitro groups is 2. The fourth-order valence-electron chi connectivity index (χ4n) is 6.51. The van der Waals surface area contributed by atoms with E-state index >= 15 is 0 Å². The number of unbranched alkanes of at least 4 members (excludes halogenated alkanes) is 1. The van der Waals surface area contributed by atoms with Gasteiger partial charge in [0, 0.05) is 51.5 Å². The number of rotatable bonds is 56. The monoisotopic (exact) mass is 1140 g/mol. The second kappa shape index (κ2) is 49.6. The first kappa shape index (κ1) is 71.6. The Bertz CT molecular complexity index is 1710. The van der Waals surface area contributed by atoms with Crippen LogP contribution in [0, 0.1) is 20.2 Å². The molecule has 0 aliphatic carbocycles. The van der Waals surface area contributed by atoms with Crippen LogP contribution in [0.5, 0.6) is 0 Å². The van der Waals surface area contributed by atoms with E-state index in [1.54, 1.807) is 0 Å². The number of hydrogen-bond donors (Lipinski definition) is 9. The van der Waals surface area contributed by atoms with E-state index in [0.717, 1.165) is 12.1 Å². The SMILES string of the molecule is O=C(CCCCC(COCCC(=O)NCCOCCOCCO)(COCCC(=O)NCCOCCOCCO)NC(=O)CNC(=O)COCCOCCOCCNc1ccc([N+](=O)[O-])cc1[N+](=O)[O-])NCCOCCOCCO. The number of carbonyl (C=O) groups excluding carboxylic acids is 5. The highest BCUT2D eigenvalue weighted by atomic mass is 16.6. The molecular formula is C48H84N8O23. The molecule has 0 fully saturated rings. The molecule has 0 atom stereocenters. The van der Waals surface area contributed by atoms with Crippen molar-refractivity contribution in [2.75, 3.05) is 203 Å². The van der Waals surface area contributed by atoms with Gasteiger partial charge in [0.15, 0.2) is 0 Å². The summed E-state index contributed by atoms with van der Waals surface area (Å²) < 4.78 is 59.9. The summed E-state index contributed by atoms with van der Waals surface area (Å²) in [7, 11) is 0. The predicted molar refractivity (Wildman–Crippen MR) is 279 cm³/mol. The highest BCUT2D eigenvalue weighted by Gasteiger charge is 2.33. The van der Waals surface area contributed by atoms with Crippen LogP contribution >= 0.6 is 0 Å².